The van der Waals surface area contributed by atoms with Crippen LogP contribution in [0.15, 0.2) is 48.5 Å². The lowest BCUT2D eigenvalue weighted by Crippen LogP contribution is -2.07. The van der Waals surface area contributed by atoms with Gasteiger partial charge in [-0.05, 0) is 34.7 Å². The number of amides is 1. The molecule has 3 rings (SSSR count). The number of hydrogen-bond donors (Lipinski definition) is 2. The Morgan fingerprint density at radius 2 is 1.58 bits per heavy atom. The topological polar surface area (TPSA) is 49.3 Å². The molecule has 1 amide bonds. The van der Waals surface area contributed by atoms with Crippen LogP contribution in [0.1, 0.15) is 5.56 Å². The van der Waals surface area contributed by atoms with Crippen LogP contribution in [-0.2, 0) is 0 Å². The number of benzene rings is 3. The smallest absolute Gasteiger partial charge is 0.409 e. The Labute approximate surface area is 110 Å². The van der Waals surface area contributed by atoms with E-state index in [2.05, 4.69) is 11.4 Å². The average Bonchev–Trinajstić information content (AvgIpc) is 2.40. The number of hydrogen-bond acceptors (Lipinski definition) is 1. The molecule has 0 bridgehead atoms. The van der Waals surface area contributed by atoms with E-state index < -0.39 is 6.09 Å². The molecule has 0 aromatic heterocycles. The van der Waals surface area contributed by atoms with Crippen LogP contribution in [0.3, 0.4) is 0 Å². The predicted octanol–water partition coefficient (Wildman–Crippen LogP) is 4.39. The van der Waals surface area contributed by atoms with Gasteiger partial charge in [-0.2, -0.15) is 0 Å². The van der Waals surface area contributed by atoms with E-state index in [1.165, 1.54) is 0 Å². The van der Waals surface area contributed by atoms with Gasteiger partial charge in [-0.25, -0.2) is 4.79 Å². The summed E-state index contributed by atoms with van der Waals surface area (Å²) in [5.41, 5.74) is 1.77. The number of carbonyl (C=O) groups is 1. The quantitative estimate of drug-likeness (QED) is 0.630. The van der Waals surface area contributed by atoms with Gasteiger partial charge in [0.15, 0.2) is 0 Å². The Morgan fingerprint density at radius 1 is 0.947 bits per heavy atom. The second-order valence-corrected chi connectivity index (χ2v) is 4.57. The summed E-state index contributed by atoms with van der Waals surface area (Å²) in [5, 5.41) is 15.6. The summed E-state index contributed by atoms with van der Waals surface area (Å²) < 4.78 is 0. The zero-order valence-electron chi connectivity index (χ0n) is 10.5. The van der Waals surface area contributed by atoms with E-state index in [0.717, 1.165) is 27.1 Å². The van der Waals surface area contributed by atoms with Gasteiger partial charge in [0.2, 0.25) is 0 Å². The Balaban J connectivity index is 2.46. The summed E-state index contributed by atoms with van der Waals surface area (Å²) in [6, 6.07) is 15.9. The van der Waals surface area contributed by atoms with Crippen LogP contribution >= 0.6 is 0 Å². The zero-order valence-corrected chi connectivity index (χ0v) is 10.5. The number of aryl methyl sites for hydroxylation is 1. The fraction of sp³-hybridized carbons (Fsp3) is 0.0625. The minimum atomic E-state index is -1.04. The summed E-state index contributed by atoms with van der Waals surface area (Å²) in [4.78, 5) is 10.9. The maximum atomic E-state index is 10.9. The normalized spacial score (nSPS) is 10.8. The SMILES string of the molecule is Cc1cccc2c1cc(NC(=O)O)c1ccccc12. The van der Waals surface area contributed by atoms with Gasteiger partial charge in [0.25, 0.3) is 0 Å². The molecule has 3 aromatic carbocycles. The van der Waals surface area contributed by atoms with Gasteiger partial charge in [-0.1, -0.05) is 42.5 Å². The zero-order chi connectivity index (χ0) is 13.4. The Morgan fingerprint density at radius 3 is 2.32 bits per heavy atom. The van der Waals surface area contributed by atoms with Crippen molar-refractivity contribution in [3.63, 3.8) is 0 Å². The summed E-state index contributed by atoms with van der Waals surface area (Å²) in [6.45, 7) is 2.03. The molecule has 0 unspecified atom stereocenters. The number of fused-ring (bicyclic) bond motifs is 3. The first-order valence-corrected chi connectivity index (χ1v) is 6.08. The minimum absolute atomic E-state index is 0.630. The maximum absolute atomic E-state index is 10.9. The molecule has 0 aliphatic carbocycles. The maximum Gasteiger partial charge on any atom is 0.409 e. The molecule has 0 atom stereocenters. The van der Waals surface area contributed by atoms with Crippen molar-refractivity contribution in [2.75, 3.05) is 5.32 Å². The first-order valence-electron chi connectivity index (χ1n) is 6.08. The highest BCUT2D eigenvalue weighted by Crippen LogP contribution is 2.33. The van der Waals surface area contributed by atoms with Crippen molar-refractivity contribution < 1.29 is 9.90 Å². The molecule has 0 fully saturated rings. The van der Waals surface area contributed by atoms with E-state index in [1.54, 1.807) is 0 Å². The molecule has 0 saturated heterocycles. The van der Waals surface area contributed by atoms with Crippen LogP contribution in [0.2, 0.25) is 0 Å². The highest BCUT2D eigenvalue weighted by Gasteiger charge is 2.09. The Hall–Kier alpha value is -2.55. The lowest BCUT2D eigenvalue weighted by molar-refractivity contribution is 0.210. The van der Waals surface area contributed by atoms with Gasteiger partial charge in [0.05, 0.1) is 5.69 Å². The molecule has 94 valence electrons. The number of anilines is 1. The summed E-state index contributed by atoms with van der Waals surface area (Å²) in [5.74, 6) is 0. The van der Waals surface area contributed by atoms with Crippen molar-refractivity contribution in [2.24, 2.45) is 0 Å². The molecule has 0 spiro atoms. The Kier molecular flexibility index (Phi) is 2.60. The van der Waals surface area contributed by atoms with Crippen LogP contribution < -0.4 is 5.32 Å². The van der Waals surface area contributed by atoms with Crippen molar-refractivity contribution in [1.82, 2.24) is 0 Å². The molecular weight excluding hydrogens is 238 g/mol. The monoisotopic (exact) mass is 251 g/mol. The fourth-order valence-corrected chi connectivity index (χ4v) is 2.50. The van der Waals surface area contributed by atoms with E-state index in [1.807, 2.05) is 49.4 Å². The second kappa shape index (κ2) is 4.28. The number of nitrogens with one attached hydrogen (secondary N) is 1. The van der Waals surface area contributed by atoms with Crippen molar-refractivity contribution in [3.8, 4) is 0 Å². The molecule has 0 saturated carbocycles. The summed E-state index contributed by atoms with van der Waals surface area (Å²) in [6.07, 6.45) is -1.04. The molecule has 0 radical (unpaired) electrons. The summed E-state index contributed by atoms with van der Waals surface area (Å²) >= 11 is 0. The number of rotatable bonds is 1. The molecular formula is C16H13NO2. The first kappa shape index (κ1) is 11.5. The van der Waals surface area contributed by atoms with Crippen molar-refractivity contribution in [2.45, 2.75) is 6.92 Å². The standard InChI is InChI=1S/C16H13NO2/c1-10-5-4-8-12-11-6-2-3-7-13(11)15(9-14(10)12)17-16(18)19/h2-9,17H,1H3,(H,18,19). The van der Waals surface area contributed by atoms with Gasteiger partial charge in [-0.15, -0.1) is 0 Å². The first-order chi connectivity index (χ1) is 9.16. The largest absolute Gasteiger partial charge is 0.465 e. The van der Waals surface area contributed by atoms with Gasteiger partial charge in [-0.3, -0.25) is 5.32 Å². The van der Waals surface area contributed by atoms with Crippen LogP contribution in [0.4, 0.5) is 10.5 Å². The van der Waals surface area contributed by atoms with Crippen molar-refractivity contribution in [1.29, 1.82) is 0 Å². The Bertz CT molecular complexity index is 793. The van der Waals surface area contributed by atoms with Crippen LogP contribution in [-0.4, -0.2) is 11.2 Å². The van der Waals surface area contributed by atoms with E-state index in [4.69, 9.17) is 5.11 Å². The van der Waals surface area contributed by atoms with Gasteiger partial charge in [0.1, 0.15) is 0 Å². The lowest BCUT2D eigenvalue weighted by atomic mass is 9.97. The highest BCUT2D eigenvalue weighted by molar-refractivity contribution is 6.15. The molecule has 2 N–H and O–H groups in total. The van der Waals surface area contributed by atoms with Gasteiger partial charge < -0.3 is 5.11 Å². The summed E-state index contributed by atoms with van der Waals surface area (Å²) in [7, 11) is 0. The molecule has 0 heterocycles. The molecule has 3 heteroatoms. The molecule has 3 nitrogen and oxygen atoms in total. The molecule has 0 aliphatic rings. The number of carboxylic acid groups (broad SMARTS) is 1. The van der Waals surface area contributed by atoms with Gasteiger partial charge >= 0.3 is 6.09 Å². The lowest BCUT2D eigenvalue weighted by Gasteiger charge is -2.11. The fourth-order valence-electron chi connectivity index (χ4n) is 2.50. The van der Waals surface area contributed by atoms with Gasteiger partial charge in [0, 0.05) is 5.39 Å². The van der Waals surface area contributed by atoms with Crippen LogP contribution in [0.25, 0.3) is 21.5 Å². The average molecular weight is 251 g/mol. The van der Waals surface area contributed by atoms with E-state index in [0.29, 0.717) is 5.69 Å². The van der Waals surface area contributed by atoms with Crippen LogP contribution in [0.5, 0.6) is 0 Å². The predicted molar refractivity (Wildman–Crippen MR) is 77.8 cm³/mol. The van der Waals surface area contributed by atoms with Crippen molar-refractivity contribution in [3.05, 3.63) is 54.1 Å². The molecule has 19 heavy (non-hydrogen) atoms. The third-order valence-corrected chi connectivity index (χ3v) is 3.36. The highest BCUT2D eigenvalue weighted by atomic mass is 16.4. The van der Waals surface area contributed by atoms with E-state index in [-0.39, 0.29) is 0 Å². The third kappa shape index (κ3) is 1.89. The second-order valence-electron chi connectivity index (χ2n) is 4.57. The van der Waals surface area contributed by atoms with E-state index in [9.17, 15) is 4.79 Å². The van der Waals surface area contributed by atoms with E-state index >= 15 is 0 Å². The third-order valence-electron chi connectivity index (χ3n) is 3.36. The molecule has 3 aromatic rings. The van der Waals surface area contributed by atoms with Crippen molar-refractivity contribution >= 4 is 33.3 Å². The van der Waals surface area contributed by atoms with Crippen LogP contribution in [0, 0.1) is 6.92 Å². The molecule has 0 aliphatic heterocycles. The minimum Gasteiger partial charge on any atom is -0.465 e.